The van der Waals surface area contributed by atoms with Crippen molar-refractivity contribution in [3.63, 3.8) is 0 Å². The number of nitrogens with zero attached hydrogens (tertiary/aromatic N) is 1. The quantitative estimate of drug-likeness (QED) is 0.599. The first kappa shape index (κ1) is 18.7. The van der Waals surface area contributed by atoms with Crippen LogP contribution in [0.4, 0.5) is 15.9 Å². The Morgan fingerprint density at radius 2 is 2.08 bits per heavy atom. The normalized spacial score (nSPS) is 18.5. The fraction of sp³-hybridized carbons (Fsp3) is 0.333. The van der Waals surface area contributed by atoms with Crippen LogP contribution >= 0.6 is 22.6 Å². The highest BCUT2D eigenvalue weighted by molar-refractivity contribution is 14.1. The number of aromatic hydroxyl groups is 1. The Morgan fingerprint density at radius 3 is 2.65 bits per heavy atom. The molecule has 1 aromatic heterocycles. The van der Waals surface area contributed by atoms with Gasteiger partial charge in [-0.1, -0.05) is 6.92 Å². The first-order valence-corrected chi connectivity index (χ1v) is 9.24. The van der Waals surface area contributed by atoms with Gasteiger partial charge in [0.2, 0.25) is 0 Å². The highest BCUT2D eigenvalue weighted by Crippen LogP contribution is 2.33. The molecule has 3 N–H and O–H groups in total. The lowest BCUT2D eigenvalue weighted by Crippen LogP contribution is -2.31. The minimum absolute atomic E-state index is 0.0438. The Labute approximate surface area is 163 Å². The molecule has 1 aromatic carbocycles. The number of nitrogens with one attached hydrogen (secondary N) is 2. The van der Waals surface area contributed by atoms with Crippen LogP contribution in [0, 0.1) is 22.2 Å². The fourth-order valence-electron chi connectivity index (χ4n) is 2.77. The summed E-state index contributed by atoms with van der Waals surface area (Å²) in [6.45, 7) is 3.46. The predicted molar refractivity (Wildman–Crippen MR) is 106 cm³/mol. The van der Waals surface area contributed by atoms with Gasteiger partial charge < -0.3 is 15.7 Å². The Kier molecular flexibility index (Phi) is 4.96. The van der Waals surface area contributed by atoms with E-state index in [0.717, 1.165) is 6.42 Å². The maximum atomic E-state index is 14.2. The summed E-state index contributed by atoms with van der Waals surface area (Å²) in [4.78, 5) is 25.0. The van der Waals surface area contributed by atoms with Crippen LogP contribution in [0.25, 0.3) is 0 Å². The molecule has 8 heteroatoms. The summed E-state index contributed by atoms with van der Waals surface area (Å²) in [5.74, 6) is -0.994. The molecular weight excluding hydrogens is 452 g/mol. The van der Waals surface area contributed by atoms with E-state index in [2.05, 4.69) is 10.6 Å². The highest BCUT2D eigenvalue weighted by Gasteiger charge is 2.35. The SMILES string of the molecule is Cc1c(O)c(C(=O)NC2CC2C)c(Nc2ccc(I)cc2F)n(C)c1=O. The zero-order valence-electron chi connectivity index (χ0n) is 14.6. The second-order valence-electron chi connectivity index (χ2n) is 6.60. The number of hydrogen-bond acceptors (Lipinski definition) is 4. The molecule has 0 aliphatic heterocycles. The summed E-state index contributed by atoms with van der Waals surface area (Å²) in [6, 6.07) is 4.59. The Bertz CT molecular complexity index is 958. The molecule has 26 heavy (non-hydrogen) atoms. The molecule has 0 radical (unpaired) electrons. The molecule has 3 rings (SSSR count). The number of anilines is 2. The summed E-state index contributed by atoms with van der Waals surface area (Å²) in [7, 11) is 1.47. The summed E-state index contributed by atoms with van der Waals surface area (Å²) in [6.07, 6.45) is 0.867. The minimum Gasteiger partial charge on any atom is -0.506 e. The number of benzene rings is 1. The van der Waals surface area contributed by atoms with E-state index in [-0.39, 0.29) is 28.7 Å². The van der Waals surface area contributed by atoms with Crippen molar-refractivity contribution < 1.29 is 14.3 Å². The third kappa shape index (κ3) is 3.42. The van der Waals surface area contributed by atoms with Crippen LogP contribution in [0.2, 0.25) is 0 Å². The Morgan fingerprint density at radius 1 is 1.42 bits per heavy atom. The second-order valence-corrected chi connectivity index (χ2v) is 7.85. The lowest BCUT2D eigenvalue weighted by atomic mass is 10.1. The lowest BCUT2D eigenvalue weighted by Gasteiger charge is -2.19. The van der Waals surface area contributed by atoms with Crippen molar-refractivity contribution >= 4 is 40.0 Å². The van der Waals surface area contributed by atoms with Gasteiger partial charge in [0.15, 0.2) is 0 Å². The topological polar surface area (TPSA) is 83.4 Å². The van der Waals surface area contributed by atoms with Gasteiger partial charge in [-0.05, 0) is 60.1 Å². The predicted octanol–water partition coefficient (Wildman–Crippen LogP) is 3.02. The van der Waals surface area contributed by atoms with Crippen molar-refractivity contribution in [1.29, 1.82) is 0 Å². The average molecular weight is 471 g/mol. The van der Waals surface area contributed by atoms with E-state index in [0.29, 0.717) is 9.49 Å². The zero-order chi connectivity index (χ0) is 19.2. The molecule has 138 valence electrons. The molecule has 2 unspecified atom stereocenters. The van der Waals surface area contributed by atoms with Crippen molar-refractivity contribution in [1.82, 2.24) is 9.88 Å². The Hall–Kier alpha value is -2.10. The van der Waals surface area contributed by atoms with Crippen molar-refractivity contribution in [2.24, 2.45) is 13.0 Å². The minimum atomic E-state index is -0.522. The summed E-state index contributed by atoms with van der Waals surface area (Å²) >= 11 is 1.99. The fourth-order valence-corrected chi connectivity index (χ4v) is 3.22. The van der Waals surface area contributed by atoms with Gasteiger partial charge in [0, 0.05) is 16.7 Å². The van der Waals surface area contributed by atoms with Crippen molar-refractivity contribution in [3.8, 4) is 5.75 Å². The molecule has 6 nitrogen and oxygen atoms in total. The number of rotatable bonds is 4. The molecule has 0 bridgehead atoms. The molecule has 2 atom stereocenters. The van der Waals surface area contributed by atoms with Gasteiger partial charge in [0.1, 0.15) is 22.9 Å². The number of hydrogen-bond donors (Lipinski definition) is 3. The van der Waals surface area contributed by atoms with Crippen LogP contribution in [-0.2, 0) is 7.05 Å². The largest absolute Gasteiger partial charge is 0.506 e. The van der Waals surface area contributed by atoms with Crippen molar-refractivity contribution in [3.05, 3.63) is 49.1 Å². The molecule has 0 saturated heterocycles. The van der Waals surface area contributed by atoms with Crippen LogP contribution in [0.15, 0.2) is 23.0 Å². The number of amides is 1. The van der Waals surface area contributed by atoms with Crippen LogP contribution in [0.3, 0.4) is 0 Å². The standard InChI is InChI=1S/C18H19FIN3O3/c1-8-6-13(8)22-17(25)14-15(24)9(2)18(26)23(3)16(14)21-12-5-4-10(20)7-11(12)19/h4-5,7-8,13,21,24H,6H2,1-3H3,(H,22,25). The molecule has 1 amide bonds. The van der Waals surface area contributed by atoms with Gasteiger partial charge in [-0.2, -0.15) is 0 Å². The maximum Gasteiger partial charge on any atom is 0.259 e. The van der Waals surface area contributed by atoms with E-state index >= 15 is 0 Å². The van der Waals surface area contributed by atoms with Crippen molar-refractivity contribution in [2.45, 2.75) is 26.3 Å². The third-order valence-corrected chi connectivity index (χ3v) is 5.30. The van der Waals surface area contributed by atoms with E-state index in [1.807, 2.05) is 29.5 Å². The molecule has 1 aliphatic carbocycles. The first-order valence-electron chi connectivity index (χ1n) is 8.16. The van der Waals surface area contributed by atoms with Crippen molar-refractivity contribution in [2.75, 3.05) is 5.32 Å². The lowest BCUT2D eigenvalue weighted by molar-refractivity contribution is 0.0946. The zero-order valence-corrected chi connectivity index (χ0v) is 16.7. The number of carbonyl (C=O) groups is 1. The molecule has 1 fully saturated rings. The monoisotopic (exact) mass is 471 g/mol. The van der Waals surface area contributed by atoms with Gasteiger partial charge in [-0.25, -0.2) is 4.39 Å². The van der Waals surface area contributed by atoms with Crippen LogP contribution in [-0.4, -0.2) is 21.6 Å². The van der Waals surface area contributed by atoms with Gasteiger partial charge in [-0.3, -0.25) is 14.2 Å². The van der Waals surface area contributed by atoms with Crippen LogP contribution in [0.5, 0.6) is 5.75 Å². The van der Waals surface area contributed by atoms with E-state index in [9.17, 15) is 19.1 Å². The smallest absolute Gasteiger partial charge is 0.259 e. The van der Waals surface area contributed by atoms with E-state index in [1.165, 1.54) is 30.7 Å². The van der Waals surface area contributed by atoms with Gasteiger partial charge in [0.25, 0.3) is 11.5 Å². The maximum absolute atomic E-state index is 14.2. The van der Waals surface area contributed by atoms with E-state index < -0.39 is 23.0 Å². The van der Waals surface area contributed by atoms with Gasteiger partial charge in [0.05, 0.1) is 11.3 Å². The van der Waals surface area contributed by atoms with E-state index in [4.69, 9.17) is 0 Å². The molecular formula is C18H19FIN3O3. The number of carbonyl (C=O) groups excluding carboxylic acids is 1. The number of pyridine rings is 1. The van der Waals surface area contributed by atoms with E-state index in [1.54, 1.807) is 6.07 Å². The molecule has 1 heterocycles. The summed E-state index contributed by atoms with van der Waals surface area (Å²) in [5, 5.41) is 16.1. The third-order valence-electron chi connectivity index (χ3n) is 4.63. The molecule has 0 spiro atoms. The Balaban J connectivity index is 2.09. The molecule has 2 aromatic rings. The summed E-state index contributed by atoms with van der Waals surface area (Å²) < 4.78 is 16.2. The average Bonchev–Trinajstić information content (AvgIpc) is 3.27. The second kappa shape index (κ2) is 6.90. The highest BCUT2D eigenvalue weighted by atomic mass is 127. The van der Waals surface area contributed by atoms with Gasteiger partial charge in [-0.15, -0.1) is 0 Å². The number of aromatic nitrogens is 1. The summed E-state index contributed by atoms with van der Waals surface area (Å²) in [5.41, 5.74) is -0.360. The van der Waals surface area contributed by atoms with Crippen LogP contribution in [0.1, 0.15) is 29.3 Å². The number of halogens is 2. The molecule has 1 aliphatic rings. The molecule has 1 saturated carbocycles. The van der Waals surface area contributed by atoms with Crippen LogP contribution < -0.4 is 16.2 Å². The van der Waals surface area contributed by atoms with Gasteiger partial charge >= 0.3 is 0 Å². The first-order chi connectivity index (χ1) is 12.2.